The predicted molar refractivity (Wildman–Crippen MR) is 100 cm³/mol. The van der Waals surface area contributed by atoms with E-state index >= 15 is 0 Å². The average Bonchev–Trinajstić information content (AvgIpc) is 3.06. The fourth-order valence-electron chi connectivity index (χ4n) is 3.46. The maximum absolute atomic E-state index is 12.4. The zero-order valence-electron chi connectivity index (χ0n) is 14.1. The van der Waals surface area contributed by atoms with E-state index in [1.165, 1.54) is 19.3 Å². The van der Waals surface area contributed by atoms with E-state index < -0.39 is 0 Å². The minimum Gasteiger partial charge on any atom is -0.399 e. The summed E-state index contributed by atoms with van der Waals surface area (Å²) >= 11 is 0. The monoisotopic (exact) mass is 334 g/mol. The van der Waals surface area contributed by atoms with E-state index in [2.05, 4.69) is 15.3 Å². The Labute approximate surface area is 146 Å². The van der Waals surface area contributed by atoms with Crippen LogP contribution >= 0.6 is 0 Å². The zero-order valence-corrected chi connectivity index (χ0v) is 14.1. The highest BCUT2D eigenvalue weighted by Crippen LogP contribution is 2.23. The molecule has 0 saturated heterocycles. The van der Waals surface area contributed by atoms with E-state index in [0.717, 1.165) is 35.3 Å². The first-order valence-electron chi connectivity index (χ1n) is 8.85. The van der Waals surface area contributed by atoms with Crippen LogP contribution in [0.25, 0.3) is 22.4 Å². The molecule has 5 nitrogen and oxygen atoms in total. The Bertz CT molecular complexity index is 892. The SMILES string of the molecule is Nc1ccc2nc(-c3ccc(C(=O)NC4CCCCC4)cc3)[nH]c2c1. The van der Waals surface area contributed by atoms with Gasteiger partial charge >= 0.3 is 0 Å². The first-order valence-corrected chi connectivity index (χ1v) is 8.85. The van der Waals surface area contributed by atoms with Crippen molar-refractivity contribution in [3.05, 3.63) is 48.0 Å². The normalized spacial score (nSPS) is 15.4. The zero-order chi connectivity index (χ0) is 17.2. The summed E-state index contributed by atoms with van der Waals surface area (Å²) in [6.07, 6.45) is 5.88. The summed E-state index contributed by atoms with van der Waals surface area (Å²) in [6.45, 7) is 0. The molecule has 1 heterocycles. The molecule has 3 aromatic rings. The van der Waals surface area contributed by atoms with Crippen LogP contribution in [-0.4, -0.2) is 21.9 Å². The molecule has 2 aromatic carbocycles. The van der Waals surface area contributed by atoms with Crippen LogP contribution in [0.3, 0.4) is 0 Å². The molecule has 0 radical (unpaired) electrons. The molecule has 5 heteroatoms. The number of nitrogens with zero attached hydrogens (tertiary/aromatic N) is 1. The number of hydrogen-bond acceptors (Lipinski definition) is 3. The van der Waals surface area contributed by atoms with Crippen molar-refractivity contribution in [1.29, 1.82) is 0 Å². The number of aromatic nitrogens is 2. The van der Waals surface area contributed by atoms with Crippen molar-refractivity contribution in [3.8, 4) is 11.4 Å². The van der Waals surface area contributed by atoms with Gasteiger partial charge in [0.15, 0.2) is 0 Å². The number of imidazole rings is 1. The van der Waals surface area contributed by atoms with Gasteiger partial charge in [0.2, 0.25) is 0 Å². The minimum absolute atomic E-state index is 0.0100. The van der Waals surface area contributed by atoms with E-state index in [1.807, 2.05) is 42.5 Å². The molecule has 4 N–H and O–H groups in total. The summed E-state index contributed by atoms with van der Waals surface area (Å²) in [5.41, 5.74) is 9.94. The lowest BCUT2D eigenvalue weighted by Crippen LogP contribution is -2.36. The topological polar surface area (TPSA) is 83.8 Å². The van der Waals surface area contributed by atoms with Crippen LogP contribution < -0.4 is 11.1 Å². The average molecular weight is 334 g/mol. The fourth-order valence-corrected chi connectivity index (χ4v) is 3.46. The molecule has 1 saturated carbocycles. The number of H-pyrrole nitrogens is 1. The number of rotatable bonds is 3. The molecule has 4 rings (SSSR count). The lowest BCUT2D eigenvalue weighted by Gasteiger charge is -2.22. The van der Waals surface area contributed by atoms with Crippen LogP contribution in [-0.2, 0) is 0 Å². The molecule has 0 bridgehead atoms. The van der Waals surface area contributed by atoms with Crippen molar-refractivity contribution in [1.82, 2.24) is 15.3 Å². The van der Waals surface area contributed by atoms with Crippen LogP contribution in [0.1, 0.15) is 42.5 Å². The molecule has 0 atom stereocenters. The van der Waals surface area contributed by atoms with Crippen LogP contribution in [0.15, 0.2) is 42.5 Å². The standard InChI is InChI=1S/C20H22N4O/c21-15-10-11-17-18(12-15)24-19(23-17)13-6-8-14(9-7-13)20(25)22-16-4-2-1-3-5-16/h6-12,16H,1-5,21H2,(H,22,25)(H,23,24). The second-order valence-electron chi connectivity index (χ2n) is 6.75. The predicted octanol–water partition coefficient (Wildman–Crippen LogP) is 3.87. The summed E-state index contributed by atoms with van der Waals surface area (Å²) < 4.78 is 0. The summed E-state index contributed by atoms with van der Waals surface area (Å²) in [6, 6.07) is 13.5. The summed E-state index contributed by atoms with van der Waals surface area (Å²) in [5.74, 6) is 0.788. The number of carbonyl (C=O) groups excluding carboxylic acids is 1. The molecule has 1 aliphatic rings. The number of nitrogens with two attached hydrogens (primary N) is 1. The van der Waals surface area contributed by atoms with Crippen molar-refractivity contribution < 1.29 is 4.79 Å². The summed E-state index contributed by atoms with van der Waals surface area (Å²) in [7, 11) is 0. The Hall–Kier alpha value is -2.82. The van der Waals surface area contributed by atoms with Crippen molar-refractivity contribution in [2.75, 3.05) is 5.73 Å². The molecule has 1 amide bonds. The summed E-state index contributed by atoms with van der Waals surface area (Å²) in [4.78, 5) is 20.2. The van der Waals surface area contributed by atoms with Gasteiger partial charge in [0.05, 0.1) is 11.0 Å². The van der Waals surface area contributed by atoms with Crippen LogP contribution in [0.4, 0.5) is 5.69 Å². The van der Waals surface area contributed by atoms with Gasteiger partial charge < -0.3 is 16.0 Å². The largest absolute Gasteiger partial charge is 0.399 e. The molecular weight excluding hydrogens is 312 g/mol. The van der Waals surface area contributed by atoms with Gasteiger partial charge in [-0.1, -0.05) is 31.4 Å². The van der Waals surface area contributed by atoms with Gasteiger partial charge in [-0.15, -0.1) is 0 Å². The van der Waals surface area contributed by atoms with Gasteiger partial charge in [0, 0.05) is 22.9 Å². The molecular formula is C20H22N4O. The Morgan fingerprint density at radius 2 is 1.84 bits per heavy atom. The van der Waals surface area contributed by atoms with Gasteiger partial charge in [-0.25, -0.2) is 4.98 Å². The number of nitrogens with one attached hydrogen (secondary N) is 2. The molecule has 0 aliphatic heterocycles. The van der Waals surface area contributed by atoms with E-state index in [1.54, 1.807) is 0 Å². The maximum atomic E-state index is 12.4. The fraction of sp³-hybridized carbons (Fsp3) is 0.300. The number of fused-ring (bicyclic) bond motifs is 1. The second-order valence-corrected chi connectivity index (χ2v) is 6.75. The molecule has 1 aliphatic carbocycles. The minimum atomic E-state index is 0.0100. The lowest BCUT2D eigenvalue weighted by molar-refractivity contribution is 0.0927. The van der Waals surface area contributed by atoms with Crippen LogP contribution in [0.2, 0.25) is 0 Å². The van der Waals surface area contributed by atoms with Crippen molar-refractivity contribution >= 4 is 22.6 Å². The van der Waals surface area contributed by atoms with E-state index in [-0.39, 0.29) is 5.91 Å². The van der Waals surface area contributed by atoms with E-state index in [4.69, 9.17) is 5.73 Å². The third-order valence-corrected chi connectivity index (χ3v) is 4.87. The van der Waals surface area contributed by atoms with E-state index in [0.29, 0.717) is 17.3 Å². The van der Waals surface area contributed by atoms with Crippen molar-refractivity contribution in [2.45, 2.75) is 38.1 Å². The van der Waals surface area contributed by atoms with Gasteiger partial charge in [0.25, 0.3) is 5.91 Å². The number of anilines is 1. The molecule has 128 valence electrons. The summed E-state index contributed by atoms with van der Waals surface area (Å²) in [5, 5.41) is 3.15. The van der Waals surface area contributed by atoms with Gasteiger partial charge in [-0.2, -0.15) is 0 Å². The third kappa shape index (κ3) is 3.36. The van der Waals surface area contributed by atoms with Crippen molar-refractivity contribution in [2.24, 2.45) is 0 Å². The van der Waals surface area contributed by atoms with E-state index in [9.17, 15) is 4.79 Å². The first-order chi connectivity index (χ1) is 12.2. The highest BCUT2D eigenvalue weighted by atomic mass is 16.1. The molecule has 1 aromatic heterocycles. The quantitative estimate of drug-likeness (QED) is 0.636. The van der Waals surface area contributed by atoms with Crippen LogP contribution in [0.5, 0.6) is 0 Å². The van der Waals surface area contributed by atoms with Crippen molar-refractivity contribution in [3.63, 3.8) is 0 Å². The Morgan fingerprint density at radius 1 is 1.08 bits per heavy atom. The van der Waals surface area contributed by atoms with Gasteiger partial charge in [-0.05, 0) is 43.2 Å². The second kappa shape index (κ2) is 6.59. The van der Waals surface area contributed by atoms with Gasteiger partial charge in [0.1, 0.15) is 5.82 Å². The number of nitrogen functional groups attached to an aromatic ring is 1. The smallest absolute Gasteiger partial charge is 0.251 e. The van der Waals surface area contributed by atoms with Crippen LogP contribution in [0, 0.1) is 0 Å². The maximum Gasteiger partial charge on any atom is 0.251 e. The first kappa shape index (κ1) is 15.7. The molecule has 1 fully saturated rings. The highest BCUT2D eigenvalue weighted by molar-refractivity contribution is 5.95. The molecule has 25 heavy (non-hydrogen) atoms. The number of aromatic amines is 1. The number of amides is 1. The molecule has 0 unspecified atom stereocenters. The Morgan fingerprint density at radius 3 is 2.60 bits per heavy atom. The number of benzene rings is 2. The number of hydrogen-bond donors (Lipinski definition) is 3. The lowest BCUT2D eigenvalue weighted by atomic mass is 9.95. The molecule has 0 spiro atoms. The highest BCUT2D eigenvalue weighted by Gasteiger charge is 2.16. The number of carbonyl (C=O) groups is 1. The Kier molecular flexibility index (Phi) is 4.14. The Balaban J connectivity index is 1.51. The third-order valence-electron chi connectivity index (χ3n) is 4.87. The van der Waals surface area contributed by atoms with Gasteiger partial charge in [-0.3, -0.25) is 4.79 Å².